The summed E-state index contributed by atoms with van der Waals surface area (Å²) in [5.41, 5.74) is 2.07. The molecule has 0 spiro atoms. The highest BCUT2D eigenvalue weighted by Crippen LogP contribution is 2.27. The number of rotatable bonds is 8. The maximum Gasteiger partial charge on any atom is 0.422 e. The lowest BCUT2D eigenvalue weighted by atomic mass is 10.2. The molecule has 41 heavy (non-hydrogen) atoms. The highest BCUT2D eigenvalue weighted by atomic mass is 19.4. The van der Waals surface area contributed by atoms with E-state index in [9.17, 15) is 22.8 Å². The first-order valence-corrected chi connectivity index (χ1v) is 12.7. The van der Waals surface area contributed by atoms with Gasteiger partial charge in [0.05, 0.1) is 17.9 Å². The minimum absolute atomic E-state index is 0.0906. The van der Waals surface area contributed by atoms with Crippen molar-refractivity contribution in [3.8, 4) is 17.4 Å². The Labute approximate surface area is 232 Å². The number of piperazine rings is 1. The van der Waals surface area contributed by atoms with Crippen molar-refractivity contribution in [1.29, 1.82) is 0 Å². The summed E-state index contributed by atoms with van der Waals surface area (Å²) in [5.74, 6) is -0.503. The van der Waals surface area contributed by atoms with Gasteiger partial charge in [0.15, 0.2) is 12.3 Å². The summed E-state index contributed by atoms with van der Waals surface area (Å²) in [6, 6.07) is 13.7. The molecule has 0 atom stereocenters. The molecule has 0 saturated carbocycles. The summed E-state index contributed by atoms with van der Waals surface area (Å²) in [5, 5.41) is 9.82. The second kappa shape index (κ2) is 11.5. The van der Waals surface area contributed by atoms with Crippen molar-refractivity contribution in [1.82, 2.24) is 24.3 Å². The van der Waals surface area contributed by atoms with E-state index >= 15 is 0 Å². The van der Waals surface area contributed by atoms with Crippen molar-refractivity contribution >= 4 is 22.8 Å². The minimum atomic E-state index is -4.38. The lowest BCUT2D eigenvalue weighted by molar-refractivity contribution is -0.153. The summed E-state index contributed by atoms with van der Waals surface area (Å²) in [7, 11) is 1.80. The lowest BCUT2D eigenvalue weighted by Crippen LogP contribution is -2.48. The number of aromatic nitrogens is 3. The minimum Gasteiger partial charge on any atom is -0.484 e. The van der Waals surface area contributed by atoms with Crippen molar-refractivity contribution in [3.63, 3.8) is 0 Å². The van der Waals surface area contributed by atoms with Gasteiger partial charge in [-0.05, 0) is 35.9 Å². The van der Waals surface area contributed by atoms with Crippen LogP contribution in [0, 0.1) is 0 Å². The topological polar surface area (TPSA) is 110 Å². The van der Waals surface area contributed by atoms with Gasteiger partial charge in [0.2, 0.25) is 5.88 Å². The molecule has 1 amide bonds. The average molecular weight is 570 g/mol. The number of halogens is 3. The smallest absolute Gasteiger partial charge is 0.422 e. The van der Waals surface area contributed by atoms with Crippen LogP contribution in [0.1, 0.15) is 26.5 Å². The van der Waals surface area contributed by atoms with Crippen LogP contribution in [0.25, 0.3) is 10.9 Å². The molecule has 214 valence electrons. The maximum atomic E-state index is 13.4. The molecule has 1 N–H and O–H groups in total. The molecular weight excluding hydrogens is 543 g/mol. The Morgan fingerprint density at radius 2 is 1.66 bits per heavy atom. The highest BCUT2D eigenvalue weighted by Gasteiger charge is 2.28. The van der Waals surface area contributed by atoms with Crippen LogP contribution in [0.2, 0.25) is 0 Å². The predicted molar refractivity (Wildman–Crippen MR) is 141 cm³/mol. The molecule has 4 aromatic rings. The van der Waals surface area contributed by atoms with Gasteiger partial charge in [-0.3, -0.25) is 9.69 Å². The monoisotopic (exact) mass is 569 g/mol. The molecule has 3 heterocycles. The van der Waals surface area contributed by atoms with E-state index in [1.165, 1.54) is 18.3 Å². The van der Waals surface area contributed by atoms with Gasteiger partial charge in [-0.2, -0.15) is 13.2 Å². The number of aromatic carboxylic acids is 1. The lowest BCUT2D eigenvalue weighted by Gasteiger charge is -2.34. The SMILES string of the molecule is Cn1c(C(=O)N2CCN(Cc3ccc(OCC(F)(F)F)cc3)CC2)cc2ccc(Oc3cnc(C(=O)O)cn3)cc21. The van der Waals surface area contributed by atoms with Crippen LogP contribution >= 0.6 is 0 Å². The van der Waals surface area contributed by atoms with E-state index in [1.54, 1.807) is 40.8 Å². The number of aryl methyl sites for hydroxylation is 1. The standard InChI is InChI=1S/C28H26F3N5O5/c1-34-23-13-21(41-25-15-32-22(14-33-25)27(38)39)7-4-19(23)12-24(34)26(37)36-10-8-35(9-11-36)16-18-2-5-20(6-3-18)40-17-28(29,30)31/h2-7,12-15H,8-11,16-17H2,1H3,(H,38,39). The van der Waals surface area contributed by atoms with Gasteiger partial charge in [-0.25, -0.2) is 14.8 Å². The van der Waals surface area contributed by atoms with Crippen LogP contribution in [0.3, 0.4) is 0 Å². The second-order valence-corrected chi connectivity index (χ2v) is 9.57. The summed E-state index contributed by atoms with van der Waals surface area (Å²) in [6.07, 6.45) is -2.04. The third-order valence-electron chi connectivity index (χ3n) is 6.70. The van der Waals surface area contributed by atoms with Gasteiger partial charge in [0.25, 0.3) is 5.91 Å². The number of benzene rings is 2. The normalized spacial score (nSPS) is 14.3. The van der Waals surface area contributed by atoms with Gasteiger partial charge in [-0.1, -0.05) is 12.1 Å². The van der Waals surface area contributed by atoms with Crippen molar-refractivity contribution in [3.05, 3.63) is 77.9 Å². The average Bonchev–Trinajstić information content (AvgIpc) is 3.28. The zero-order valence-corrected chi connectivity index (χ0v) is 22.0. The van der Waals surface area contributed by atoms with Gasteiger partial charge in [-0.15, -0.1) is 0 Å². The fourth-order valence-corrected chi connectivity index (χ4v) is 4.56. The first kappa shape index (κ1) is 27.9. The van der Waals surface area contributed by atoms with E-state index in [2.05, 4.69) is 14.9 Å². The second-order valence-electron chi connectivity index (χ2n) is 9.57. The number of ether oxygens (including phenoxy) is 2. The Kier molecular flexibility index (Phi) is 7.79. The number of carbonyl (C=O) groups is 2. The van der Waals surface area contributed by atoms with E-state index in [1.807, 2.05) is 12.1 Å². The van der Waals surface area contributed by atoms with E-state index in [4.69, 9.17) is 14.6 Å². The molecule has 2 aromatic carbocycles. The van der Waals surface area contributed by atoms with Gasteiger partial charge in [0.1, 0.15) is 17.2 Å². The third-order valence-corrected chi connectivity index (χ3v) is 6.70. The molecule has 1 saturated heterocycles. The zero-order chi connectivity index (χ0) is 29.1. The highest BCUT2D eigenvalue weighted by molar-refractivity contribution is 5.99. The molecule has 1 fully saturated rings. The van der Waals surface area contributed by atoms with E-state index in [0.717, 1.165) is 22.7 Å². The maximum absolute atomic E-state index is 13.4. The van der Waals surface area contributed by atoms with Gasteiger partial charge >= 0.3 is 12.1 Å². The molecule has 0 unspecified atom stereocenters. The summed E-state index contributed by atoms with van der Waals surface area (Å²) in [4.78, 5) is 36.1. The van der Waals surface area contributed by atoms with Gasteiger partial charge < -0.3 is 24.0 Å². The quantitative estimate of drug-likeness (QED) is 0.334. The van der Waals surface area contributed by atoms with Crippen LogP contribution < -0.4 is 9.47 Å². The largest absolute Gasteiger partial charge is 0.484 e. The van der Waals surface area contributed by atoms with E-state index in [0.29, 0.717) is 44.2 Å². The Morgan fingerprint density at radius 1 is 0.951 bits per heavy atom. The van der Waals surface area contributed by atoms with Crippen molar-refractivity contribution in [2.24, 2.45) is 7.05 Å². The Morgan fingerprint density at radius 3 is 2.29 bits per heavy atom. The number of carbonyl (C=O) groups excluding carboxylic acids is 1. The number of carboxylic acids is 1. The fraction of sp³-hybridized carbons (Fsp3) is 0.286. The van der Waals surface area contributed by atoms with Crippen LogP contribution in [0.5, 0.6) is 17.4 Å². The number of carboxylic acid groups (broad SMARTS) is 1. The molecule has 13 heteroatoms. The number of amides is 1. The summed E-state index contributed by atoms with van der Waals surface area (Å²) in [6.45, 7) is 1.66. The molecule has 1 aliphatic rings. The molecule has 0 radical (unpaired) electrons. The van der Waals surface area contributed by atoms with Crippen molar-refractivity contribution < 1.29 is 37.3 Å². The van der Waals surface area contributed by atoms with Crippen molar-refractivity contribution in [2.75, 3.05) is 32.8 Å². The summed E-state index contributed by atoms with van der Waals surface area (Å²) < 4.78 is 49.3. The molecule has 1 aliphatic heterocycles. The molecule has 0 bridgehead atoms. The summed E-state index contributed by atoms with van der Waals surface area (Å²) >= 11 is 0. The number of hydrogen-bond acceptors (Lipinski definition) is 7. The molecular formula is C28H26F3N5O5. The number of fused-ring (bicyclic) bond motifs is 1. The number of alkyl halides is 3. The first-order chi connectivity index (χ1) is 19.6. The number of hydrogen-bond donors (Lipinski definition) is 1. The Hall–Kier alpha value is -4.65. The van der Waals surface area contributed by atoms with Gasteiger partial charge in [0, 0.05) is 51.2 Å². The third kappa shape index (κ3) is 6.74. The zero-order valence-electron chi connectivity index (χ0n) is 22.0. The Balaban J connectivity index is 1.18. The molecule has 10 nitrogen and oxygen atoms in total. The molecule has 0 aliphatic carbocycles. The fourth-order valence-electron chi connectivity index (χ4n) is 4.56. The van der Waals surface area contributed by atoms with E-state index < -0.39 is 18.8 Å². The number of nitrogens with zero attached hydrogens (tertiary/aromatic N) is 5. The van der Waals surface area contributed by atoms with Crippen LogP contribution in [-0.4, -0.2) is 80.3 Å². The molecule has 2 aromatic heterocycles. The van der Waals surface area contributed by atoms with Crippen LogP contribution in [0.15, 0.2) is 60.9 Å². The Bertz CT molecular complexity index is 1550. The van der Waals surface area contributed by atoms with Crippen molar-refractivity contribution in [2.45, 2.75) is 12.7 Å². The molecule has 5 rings (SSSR count). The predicted octanol–water partition coefficient (Wildman–Crippen LogP) is 4.36. The first-order valence-electron chi connectivity index (χ1n) is 12.7. The van der Waals surface area contributed by atoms with E-state index in [-0.39, 0.29) is 23.2 Å². The van der Waals surface area contributed by atoms with Crippen LogP contribution in [0.4, 0.5) is 13.2 Å². The van der Waals surface area contributed by atoms with Crippen LogP contribution in [-0.2, 0) is 13.6 Å².